The van der Waals surface area contributed by atoms with Gasteiger partial charge in [-0.1, -0.05) is 168 Å². The summed E-state index contributed by atoms with van der Waals surface area (Å²) in [6.07, 6.45) is 40.4. The number of carbonyl (C=O) groups excluding carboxylic acids is 2. The molecular weight excluding hydrogens is 683 g/mol. The third kappa shape index (κ3) is 33.5. The molecule has 6 nitrogen and oxygen atoms in total. The molecule has 0 bridgehead atoms. The highest BCUT2D eigenvalue weighted by Gasteiger charge is 2.14. The van der Waals surface area contributed by atoms with Crippen LogP contribution < -0.4 is 0 Å². The van der Waals surface area contributed by atoms with Gasteiger partial charge < -0.3 is 19.1 Å². The Morgan fingerprint density at radius 1 is 0.545 bits per heavy atom. The Balaban J connectivity index is 2.58. The van der Waals surface area contributed by atoms with E-state index in [9.17, 15) is 9.59 Å². The molecule has 1 fully saturated rings. The van der Waals surface area contributed by atoms with E-state index in [1.54, 1.807) is 0 Å². The van der Waals surface area contributed by atoms with Crippen LogP contribution in [-0.4, -0.2) is 62.4 Å². The Morgan fingerprint density at radius 3 is 1.36 bits per heavy atom. The molecule has 1 heterocycles. The van der Waals surface area contributed by atoms with Crippen molar-refractivity contribution >= 4 is 11.9 Å². The summed E-state index contributed by atoms with van der Waals surface area (Å²) in [5.74, 6) is 1.37. The van der Waals surface area contributed by atoms with E-state index >= 15 is 0 Å². The summed E-state index contributed by atoms with van der Waals surface area (Å²) in [4.78, 5) is 27.4. The van der Waals surface area contributed by atoms with Crippen LogP contribution in [0.2, 0.25) is 0 Å². The Labute approximate surface area is 343 Å². The molecule has 0 aromatic rings. The number of hydrogen-bond donors (Lipinski definition) is 0. The molecule has 2 atom stereocenters. The summed E-state index contributed by atoms with van der Waals surface area (Å²) in [5, 5.41) is 0. The Morgan fingerprint density at radius 2 is 0.945 bits per heavy atom. The molecular formula is C49H95NO5. The van der Waals surface area contributed by atoms with Crippen LogP contribution in [0.15, 0.2) is 0 Å². The fourth-order valence-electron chi connectivity index (χ4n) is 8.23. The first-order valence-corrected chi connectivity index (χ1v) is 24.5. The van der Waals surface area contributed by atoms with E-state index in [2.05, 4.69) is 39.6 Å². The lowest BCUT2D eigenvalue weighted by Gasteiger charge is -2.21. The third-order valence-electron chi connectivity index (χ3n) is 12.4. The lowest BCUT2D eigenvalue weighted by Crippen LogP contribution is -2.27. The molecule has 0 saturated carbocycles. The third-order valence-corrected chi connectivity index (χ3v) is 12.4. The highest BCUT2D eigenvalue weighted by atomic mass is 16.5. The molecule has 1 aliphatic rings. The zero-order chi connectivity index (χ0) is 40.0. The van der Waals surface area contributed by atoms with Crippen molar-refractivity contribution in [1.82, 2.24) is 4.90 Å². The fraction of sp³-hybridized carbons (Fsp3) is 0.959. The molecule has 326 valence electrons. The van der Waals surface area contributed by atoms with Crippen LogP contribution in [0.4, 0.5) is 0 Å². The number of unbranched alkanes of at least 4 members (excludes halogenated alkanes) is 3. The maximum atomic E-state index is 12.5. The van der Waals surface area contributed by atoms with Gasteiger partial charge in [0.2, 0.25) is 0 Å². The van der Waals surface area contributed by atoms with Crippen molar-refractivity contribution in [1.29, 1.82) is 0 Å². The second-order valence-electron chi connectivity index (χ2n) is 17.8. The number of ether oxygens (including phenoxy) is 3. The predicted molar refractivity (Wildman–Crippen MR) is 235 cm³/mol. The van der Waals surface area contributed by atoms with E-state index in [1.165, 1.54) is 161 Å². The molecule has 1 aliphatic heterocycles. The van der Waals surface area contributed by atoms with Crippen molar-refractivity contribution in [3.8, 4) is 0 Å². The van der Waals surface area contributed by atoms with Crippen molar-refractivity contribution in [2.75, 3.05) is 33.4 Å². The zero-order valence-corrected chi connectivity index (χ0v) is 37.7. The van der Waals surface area contributed by atoms with Crippen molar-refractivity contribution in [2.45, 2.75) is 258 Å². The highest BCUT2D eigenvalue weighted by Crippen LogP contribution is 2.24. The van der Waals surface area contributed by atoms with Crippen LogP contribution in [0.3, 0.4) is 0 Å². The second kappa shape index (κ2) is 38.4. The summed E-state index contributed by atoms with van der Waals surface area (Å²) < 4.78 is 17.9. The molecule has 1 saturated heterocycles. The van der Waals surface area contributed by atoms with E-state index in [-0.39, 0.29) is 11.9 Å². The zero-order valence-electron chi connectivity index (χ0n) is 37.7. The van der Waals surface area contributed by atoms with Gasteiger partial charge >= 0.3 is 11.9 Å². The summed E-state index contributed by atoms with van der Waals surface area (Å²) in [5.41, 5.74) is 0. The van der Waals surface area contributed by atoms with E-state index in [0.29, 0.717) is 50.0 Å². The van der Waals surface area contributed by atoms with Crippen LogP contribution in [0.25, 0.3) is 0 Å². The minimum absolute atomic E-state index is 0.00680. The van der Waals surface area contributed by atoms with Crippen molar-refractivity contribution < 1.29 is 23.8 Å². The lowest BCUT2D eigenvalue weighted by atomic mass is 9.90. The standard InChI is InChI=1S/C49H95NO5/c1-6-8-30-45-32-22-20-21-23-33-46(31-9-7-2)39-43-55-49(52)37-27-19-15-11-13-17-25-35-47(53-41-29-28-40-50(5)44(3)4)34-24-16-12-10-14-18-26-36-48(51)54-42-38-45/h44-47H,6-43H2,1-5H3. The molecule has 6 heteroatoms. The van der Waals surface area contributed by atoms with Crippen LogP contribution in [0, 0.1) is 11.8 Å². The average Bonchev–Trinajstić information content (AvgIpc) is 3.17. The number of hydrogen-bond acceptors (Lipinski definition) is 6. The summed E-state index contributed by atoms with van der Waals surface area (Å²) in [7, 11) is 2.22. The number of esters is 2. The van der Waals surface area contributed by atoms with Crippen molar-refractivity contribution in [3.63, 3.8) is 0 Å². The minimum atomic E-state index is 0.00680. The Hall–Kier alpha value is -1.14. The largest absolute Gasteiger partial charge is 0.466 e. The second-order valence-corrected chi connectivity index (χ2v) is 17.8. The van der Waals surface area contributed by atoms with Gasteiger partial charge in [-0.2, -0.15) is 0 Å². The number of cyclic esters (lactones) is 2. The SMILES string of the molecule is CCCCC1CCCCCCC(CCCC)CCOC(=O)CCCCCCCCCC(OCCCCN(C)C(C)C)CCCCCCCCCC(=O)OCC1. The molecule has 0 N–H and O–H groups in total. The first kappa shape index (κ1) is 51.9. The lowest BCUT2D eigenvalue weighted by molar-refractivity contribution is -0.145. The molecule has 0 aromatic heterocycles. The number of nitrogens with zero attached hydrogens (tertiary/aromatic N) is 1. The van der Waals surface area contributed by atoms with E-state index in [4.69, 9.17) is 14.2 Å². The van der Waals surface area contributed by atoms with Crippen LogP contribution in [-0.2, 0) is 23.8 Å². The van der Waals surface area contributed by atoms with Gasteiger partial charge in [0.1, 0.15) is 0 Å². The molecule has 0 amide bonds. The van der Waals surface area contributed by atoms with Gasteiger partial charge in [-0.25, -0.2) is 0 Å². The van der Waals surface area contributed by atoms with E-state index in [0.717, 1.165) is 58.1 Å². The van der Waals surface area contributed by atoms with Gasteiger partial charge in [0, 0.05) is 25.5 Å². The number of carbonyl (C=O) groups is 2. The highest BCUT2D eigenvalue weighted by molar-refractivity contribution is 5.69. The van der Waals surface area contributed by atoms with Crippen molar-refractivity contribution in [3.05, 3.63) is 0 Å². The fourth-order valence-corrected chi connectivity index (χ4v) is 8.23. The van der Waals surface area contributed by atoms with Crippen LogP contribution in [0.5, 0.6) is 0 Å². The normalized spacial score (nSPS) is 23.7. The van der Waals surface area contributed by atoms with E-state index < -0.39 is 0 Å². The van der Waals surface area contributed by atoms with Gasteiger partial charge in [-0.15, -0.1) is 0 Å². The van der Waals surface area contributed by atoms with Crippen LogP contribution >= 0.6 is 0 Å². The number of rotatable bonds is 13. The maximum Gasteiger partial charge on any atom is 0.305 e. The molecule has 0 spiro atoms. The van der Waals surface area contributed by atoms with Crippen molar-refractivity contribution in [2.24, 2.45) is 11.8 Å². The topological polar surface area (TPSA) is 65.1 Å². The van der Waals surface area contributed by atoms with Gasteiger partial charge in [-0.3, -0.25) is 9.59 Å². The molecule has 0 aromatic carbocycles. The molecule has 0 radical (unpaired) electrons. The molecule has 1 rings (SSSR count). The Bertz CT molecular complexity index is 793. The monoisotopic (exact) mass is 778 g/mol. The smallest absolute Gasteiger partial charge is 0.305 e. The quantitative estimate of drug-likeness (QED) is 0.137. The molecule has 55 heavy (non-hydrogen) atoms. The minimum Gasteiger partial charge on any atom is -0.466 e. The van der Waals surface area contributed by atoms with Gasteiger partial charge in [0.05, 0.1) is 19.3 Å². The van der Waals surface area contributed by atoms with E-state index in [1.807, 2.05) is 0 Å². The molecule has 0 aliphatic carbocycles. The van der Waals surface area contributed by atoms with Gasteiger partial charge in [-0.05, 0) is 90.6 Å². The first-order valence-electron chi connectivity index (χ1n) is 24.5. The average molecular weight is 778 g/mol. The predicted octanol–water partition coefficient (Wildman–Crippen LogP) is 14.3. The van der Waals surface area contributed by atoms with Gasteiger partial charge in [0.25, 0.3) is 0 Å². The summed E-state index contributed by atoms with van der Waals surface area (Å²) >= 11 is 0. The summed E-state index contributed by atoms with van der Waals surface area (Å²) in [6, 6.07) is 0.602. The first-order chi connectivity index (χ1) is 26.8. The molecule has 2 unspecified atom stereocenters. The van der Waals surface area contributed by atoms with Gasteiger partial charge in [0.15, 0.2) is 0 Å². The maximum absolute atomic E-state index is 12.5. The summed E-state index contributed by atoms with van der Waals surface area (Å²) in [6.45, 7) is 12.3. The van der Waals surface area contributed by atoms with Crippen LogP contribution in [0.1, 0.15) is 246 Å². The Kier molecular flexibility index (Phi) is 36.2.